The lowest BCUT2D eigenvalue weighted by Crippen LogP contribution is -2.25. The van der Waals surface area contributed by atoms with Gasteiger partial charge in [0.1, 0.15) is 7.05 Å². The molecule has 0 saturated carbocycles. The summed E-state index contributed by atoms with van der Waals surface area (Å²) >= 11 is 0. The Labute approximate surface area is 84.1 Å². The van der Waals surface area contributed by atoms with Crippen molar-refractivity contribution in [3.05, 3.63) is 56.1 Å². The first kappa shape index (κ1) is 8.88. The Morgan fingerprint density at radius 3 is 1.79 bits per heavy atom. The molecule has 0 aliphatic rings. The van der Waals surface area contributed by atoms with Crippen LogP contribution >= 0.6 is 0 Å². The fraction of sp³-hybridized carbons (Fsp3) is 0.0833. The normalized spacial score (nSPS) is 10.1. The summed E-state index contributed by atoms with van der Waals surface area (Å²) in [6, 6.07) is 8.32. The number of aromatic nitrogens is 2. The third kappa shape index (κ3) is 1.79. The third-order valence-corrected chi connectivity index (χ3v) is 2.20. The SMILES string of the molecule is [CH2][n+]1ccc(-c2cc[n+](C)cc2)cc1. The summed E-state index contributed by atoms with van der Waals surface area (Å²) < 4.78 is 3.81. The molecule has 1 radical (unpaired) electrons. The molecule has 0 aromatic carbocycles. The summed E-state index contributed by atoms with van der Waals surface area (Å²) in [5.41, 5.74) is 2.44. The first-order valence-electron chi connectivity index (χ1n) is 4.53. The highest BCUT2D eigenvalue weighted by molar-refractivity contribution is 5.60. The highest BCUT2D eigenvalue weighted by atomic mass is 14.9. The number of pyridine rings is 2. The van der Waals surface area contributed by atoms with Gasteiger partial charge in [-0.25, -0.2) is 4.57 Å². The lowest BCUT2D eigenvalue weighted by atomic mass is 10.1. The summed E-state index contributed by atoms with van der Waals surface area (Å²) in [6.45, 7) is 0. The number of aryl methyl sites for hydroxylation is 1. The van der Waals surface area contributed by atoms with Gasteiger partial charge in [-0.15, -0.1) is 0 Å². The molecule has 0 atom stereocenters. The van der Waals surface area contributed by atoms with Gasteiger partial charge >= 0.3 is 0 Å². The van der Waals surface area contributed by atoms with E-state index in [0.717, 1.165) is 0 Å². The molecule has 0 saturated heterocycles. The minimum absolute atomic E-state index is 1.21. The predicted molar refractivity (Wildman–Crippen MR) is 54.0 cm³/mol. The Morgan fingerprint density at radius 1 is 0.857 bits per heavy atom. The molecule has 0 N–H and O–H groups in total. The summed E-state index contributed by atoms with van der Waals surface area (Å²) in [5.74, 6) is 0. The standard InChI is InChI=1S/C12H13N2/c1-13-7-3-11(4-8-13)12-5-9-14(2)10-6-12/h3-10H,1H2,2H3/q+2. The van der Waals surface area contributed by atoms with E-state index in [0.29, 0.717) is 0 Å². The lowest BCUT2D eigenvalue weighted by Gasteiger charge is -1.97. The molecule has 0 aliphatic heterocycles. The molecule has 0 spiro atoms. The van der Waals surface area contributed by atoms with Gasteiger partial charge in [0.05, 0.1) is 0 Å². The quantitative estimate of drug-likeness (QED) is 0.588. The van der Waals surface area contributed by atoms with E-state index in [2.05, 4.69) is 31.3 Å². The molecule has 0 bridgehead atoms. The van der Waals surface area contributed by atoms with Crippen molar-refractivity contribution in [2.75, 3.05) is 0 Å². The average Bonchev–Trinajstić information content (AvgIpc) is 2.21. The van der Waals surface area contributed by atoms with Crippen LogP contribution in [0.3, 0.4) is 0 Å². The van der Waals surface area contributed by atoms with E-state index in [1.165, 1.54) is 11.1 Å². The molecule has 0 unspecified atom stereocenters. The zero-order chi connectivity index (χ0) is 9.97. The second kappa shape index (κ2) is 3.58. The Balaban J connectivity index is 2.40. The minimum Gasteiger partial charge on any atom is -0.208 e. The van der Waals surface area contributed by atoms with Gasteiger partial charge in [-0.2, -0.15) is 4.57 Å². The molecule has 2 nitrogen and oxygen atoms in total. The molecule has 69 valence electrons. The molecular weight excluding hydrogens is 172 g/mol. The van der Waals surface area contributed by atoms with Gasteiger partial charge in [0, 0.05) is 24.3 Å². The maximum atomic E-state index is 3.78. The second-order valence-corrected chi connectivity index (χ2v) is 3.35. The number of hydrogen-bond donors (Lipinski definition) is 0. The summed E-state index contributed by atoms with van der Waals surface area (Å²) in [6.07, 6.45) is 7.98. The van der Waals surface area contributed by atoms with Crippen molar-refractivity contribution in [3.63, 3.8) is 0 Å². The third-order valence-electron chi connectivity index (χ3n) is 2.20. The number of hydrogen-bond acceptors (Lipinski definition) is 0. The van der Waals surface area contributed by atoms with Crippen LogP contribution in [0.15, 0.2) is 49.1 Å². The van der Waals surface area contributed by atoms with Crippen molar-refractivity contribution in [3.8, 4) is 11.1 Å². The fourth-order valence-corrected chi connectivity index (χ4v) is 1.34. The zero-order valence-corrected chi connectivity index (χ0v) is 8.22. The van der Waals surface area contributed by atoms with E-state index >= 15 is 0 Å². The van der Waals surface area contributed by atoms with Crippen molar-refractivity contribution in [2.45, 2.75) is 0 Å². The van der Waals surface area contributed by atoms with Crippen LogP contribution in [0.5, 0.6) is 0 Å². The molecule has 0 aliphatic carbocycles. The number of rotatable bonds is 1. The maximum Gasteiger partial charge on any atom is 0.206 e. The van der Waals surface area contributed by atoms with Crippen molar-refractivity contribution >= 4 is 0 Å². The van der Waals surface area contributed by atoms with E-state index in [1.54, 1.807) is 4.57 Å². The monoisotopic (exact) mass is 185 g/mol. The Hall–Kier alpha value is -1.70. The van der Waals surface area contributed by atoms with E-state index < -0.39 is 0 Å². The fourth-order valence-electron chi connectivity index (χ4n) is 1.34. The van der Waals surface area contributed by atoms with Gasteiger partial charge in [0.25, 0.3) is 0 Å². The first-order chi connectivity index (χ1) is 6.75. The van der Waals surface area contributed by atoms with Crippen LogP contribution in [-0.4, -0.2) is 0 Å². The number of nitrogens with zero attached hydrogens (tertiary/aromatic N) is 2. The predicted octanol–water partition coefficient (Wildman–Crippen LogP) is 1.11. The van der Waals surface area contributed by atoms with Crippen molar-refractivity contribution in [1.82, 2.24) is 0 Å². The van der Waals surface area contributed by atoms with Crippen molar-refractivity contribution < 1.29 is 9.13 Å². The molecule has 2 heterocycles. The highest BCUT2D eigenvalue weighted by Gasteiger charge is 2.00. The molecule has 2 aromatic rings. The van der Waals surface area contributed by atoms with Crippen molar-refractivity contribution in [2.24, 2.45) is 7.05 Å². The second-order valence-electron chi connectivity index (χ2n) is 3.35. The van der Waals surface area contributed by atoms with Crippen molar-refractivity contribution in [1.29, 1.82) is 0 Å². The van der Waals surface area contributed by atoms with Gasteiger partial charge in [0.2, 0.25) is 7.05 Å². The zero-order valence-electron chi connectivity index (χ0n) is 8.22. The van der Waals surface area contributed by atoms with Gasteiger partial charge in [0.15, 0.2) is 24.8 Å². The lowest BCUT2D eigenvalue weighted by molar-refractivity contribution is -0.671. The summed E-state index contributed by atoms with van der Waals surface area (Å²) in [5, 5.41) is 0. The molecule has 2 aromatic heterocycles. The van der Waals surface area contributed by atoms with Gasteiger partial charge < -0.3 is 0 Å². The van der Waals surface area contributed by atoms with Gasteiger partial charge in [-0.1, -0.05) is 0 Å². The van der Waals surface area contributed by atoms with Crippen LogP contribution in [0.25, 0.3) is 11.1 Å². The minimum atomic E-state index is 1.21. The van der Waals surface area contributed by atoms with Crippen LogP contribution in [0.4, 0.5) is 0 Å². The highest BCUT2D eigenvalue weighted by Crippen LogP contribution is 2.14. The molecule has 2 rings (SSSR count). The first-order valence-corrected chi connectivity index (χ1v) is 4.53. The Kier molecular flexibility index (Phi) is 2.27. The van der Waals surface area contributed by atoms with E-state index in [4.69, 9.17) is 0 Å². The van der Waals surface area contributed by atoms with E-state index in [1.807, 2.05) is 36.4 Å². The summed E-state index contributed by atoms with van der Waals surface area (Å²) in [7, 11) is 5.79. The van der Waals surface area contributed by atoms with Crippen LogP contribution < -0.4 is 9.13 Å². The molecule has 14 heavy (non-hydrogen) atoms. The smallest absolute Gasteiger partial charge is 0.206 e. The molecule has 2 heteroatoms. The van der Waals surface area contributed by atoms with E-state index in [-0.39, 0.29) is 0 Å². The van der Waals surface area contributed by atoms with Crippen LogP contribution in [-0.2, 0) is 7.05 Å². The Morgan fingerprint density at radius 2 is 1.29 bits per heavy atom. The molecule has 0 fully saturated rings. The topological polar surface area (TPSA) is 7.76 Å². The van der Waals surface area contributed by atoms with E-state index in [9.17, 15) is 0 Å². The largest absolute Gasteiger partial charge is 0.208 e. The molecule has 0 amide bonds. The van der Waals surface area contributed by atoms with Gasteiger partial charge in [-0.05, 0) is 11.1 Å². The van der Waals surface area contributed by atoms with Crippen LogP contribution in [0, 0.1) is 7.05 Å². The Bertz CT molecular complexity index is 372. The maximum absolute atomic E-state index is 3.78. The van der Waals surface area contributed by atoms with Gasteiger partial charge in [-0.3, -0.25) is 0 Å². The average molecular weight is 185 g/mol. The van der Waals surface area contributed by atoms with Crippen LogP contribution in [0.1, 0.15) is 0 Å². The van der Waals surface area contributed by atoms with Crippen LogP contribution in [0.2, 0.25) is 0 Å². The molecular formula is C12H13N2+2. The summed E-state index contributed by atoms with van der Waals surface area (Å²) in [4.78, 5) is 0.